The van der Waals surface area contributed by atoms with Gasteiger partial charge in [-0.05, 0) is 67.3 Å². The smallest absolute Gasteiger partial charge is 0.270 e. The number of likely N-dealkylation sites (N-methyl/N-ethyl adjacent to an activating group) is 1. The van der Waals surface area contributed by atoms with Crippen molar-refractivity contribution in [3.63, 3.8) is 0 Å². The Morgan fingerprint density at radius 1 is 1.31 bits per heavy atom. The first-order chi connectivity index (χ1) is 17.5. The Morgan fingerprint density at radius 3 is 2.97 bits per heavy atom. The molecule has 1 fully saturated rings. The van der Waals surface area contributed by atoms with E-state index in [-0.39, 0.29) is 5.91 Å². The summed E-state index contributed by atoms with van der Waals surface area (Å²) in [6.45, 7) is 8.00. The average Bonchev–Trinajstić information content (AvgIpc) is 3.61. The van der Waals surface area contributed by atoms with Crippen LogP contribution < -0.4 is 5.32 Å². The fourth-order valence-corrected chi connectivity index (χ4v) is 4.38. The van der Waals surface area contributed by atoms with E-state index in [1.807, 2.05) is 43.5 Å². The molecule has 0 saturated heterocycles. The third-order valence-corrected chi connectivity index (χ3v) is 6.60. The molecule has 1 aliphatic carbocycles. The molecule has 0 atom stereocenters. The number of aliphatic imine (C=N–C) groups is 1. The fourth-order valence-electron chi connectivity index (χ4n) is 4.38. The minimum absolute atomic E-state index is 0.230. The summed E-state index contributed by atoms with van der Waals surface area (Å²) in [5.41, 5.74) is 6.24. The number of hydrogen-bond donors (Lipinski definition) is 1. The van der Waals surface area contributed by atoms with Gasteiger partial charge in [0.2, 0.25) is 0 Å². The highest BCUT2D eigenvalue weighted by Gasteiger charge is 2.26. The summed E-state index contributed by atoms with van der Waals surface area (Å²) >= 11 is 0. The molecule has 5 rings (SSSR count). The van der Waals surface area contributed by atoms with Crippen LogP contribution in [0.5, 0.6) is 0 Å². The number of aromatic nitrogens is 4. The van der Waals surface area contributed by atoms with E-state index in [4.69, 9.17) is 0 Å². The van der Waals surface area contributed by atoms with Gasteiger partial charge in [0.15, 0.2) is 5.82 Å². The van der Waals surface area contributed by atoms with Crippen LogP contribution in [0.4, 0.5) is 5.69 Å². The molecule has 8 heteroatoms. The maximum atomic E-state index is 12.9. The van der Waals surface area contributed by atoms with Crippen molar-refractivity contribution in [2.24, 2.45) is 4.99 Å². The molecule has 1 saturated carbocycles. The summed E-state index contributed by atoms with van der Waals surface area (Å²) < 4.78 is 2.11. The van der Waals surface area contributed by atoms with Crippen molar-refractivity contribution in [2.45, 2.75) is 45.2 Å². The quantitative estimate of drug-likeness (QED) is 0.373. The molecule has 0 spiro atoms. The number of allylic oxidation sites excluding steroid dienone is 2. The Kier molecular flexibility index (Phi) is 6.86. The van der Waals surface area contributed by atoms with Gasteiger partial charge in [0.25, 0.3) is 5.91 Å². The minimum Gasteiger partial charge on any atom is -0.321 e. The van der Waals surface area contributed by atoms with E-state index in [1.54, 1.807) is 12.5 Å². The molecule has 36 heavy (non-hydrogen) atoms. The predicted molar refractivity (Wildman–Crippen MR) is 143 cm³/mol. The Morgan fingerprint density at radius 2 is 2.17 bits per heavy atom. The first-order valence-corrected chi connectivity index (χ1v) is 12.4. The largest absolute Gasteiger partial charge is 0.321 e. The number of benzene rings is 1. The van der Waals surface area contributed by atoms with Crippen molar-refractivity contribution < 1.29 is 4.79 Å². The molecule has 1 amide bonds. The molecular weight excluding hydrogens is 450 g/mol. The van der Waals surface area contributed by atoms with Crippen molar-refractivity contribution in [3.8, 4) is 11.4 Å². The predicted octanol–water partition coefficient (Wildman–Crippen LogP) is 4.68. The fraction of sp³-hybridized carbons (Fsp3) is 0.321. The van der Waals surface area contributed by atoms with Gasteiger partial charge in [0.05, 0.1) is 0 Å². The van der Waals surface area contributed by atoms with Gasteiger partial charge in [0, 0.05) is 54.9 Å². The lowest BCUT2D eigenvalue weighted by Crippen LogP contribution is -2.27. The Bertz CT molecular complexity index is 1350. The lowest BCUT2D eigenvalue weighted by molar-refractivity contribution is -0.110. The van der Waals surface area contributed by atoms with Crippen molar-refractivity contribution in [1.29, 1.82) is 0 Å². The third-order valence-electron chi connectivity index (χ3n) is 6.60. The molecule has 0 bridgehead atoms. The summed E-state index contributed by atoms with van der Waals surface area (Å²) in [7, 11) is 2.12. The van der Waals surface area contributed by atoms with Crippen LogP contribution in [0.25, 0.3) is 17.0 Å². The number of carbonyl (C=O) groups excluding carboxylic acids is 1. The van der Waals surface area contributed by atoms with Gasteiger partial charge in [-0.1, -0.05) is 25.6 Å². The molecule has 0 unspecified atom stereocenters. The highest BCUT2D eigenvalue weighted by atomic mass is 16.1. The molecule has 3 heterocycles. The lowest BCUT2D eigenvalue weighted by Gasteiger charge is -2.24. The number of amides is 1. The molecule has 0 radical (unpaired) electrons. The molecule has 1 aliphatic heterocycles. The molecule has 3 aromatic rings. The van der Waals surface area contributed by atoms with Crippen molar-refractivity contribution in [1.82, 2.24) is 24.6 Å². The number of nitrogens with zero attached hydrogens (tertiary/aromatic N) is 6. The number of anilines is 1. The zero-order valence-corrected chi connectivity index (χ0v) is 20.8. The van der Waals surface area contributed by atoms with E-state index in [0.717, 1.165) is 60.6 Å². The van der Waals surface area contributed by atoms with E-state index in [1.165, 1.54) is 5.56 Å². The summed E-state index contributed by atoms with van der Waals surface area (Å²) in [5.74, 6) is 0.592. The van der Waals surface area contributed by atoms with E-state index >= 15 is 0 Å². The van der Waals surface area contributed by atoms with Crippen LogP contribution in [-0.4, -0.2) is 49.9 Å². The molecule has 184 valence electrons. The standard InChI is InChI=1S/C28H31N7O/c1-4-25(29-12-10-19(2)21-14-22-17-34(3)13-11-26(22)30-16-21)28(36)32-23-7-5-6-20(15-23)27-33-31-18-35(27)24-8-9-24/h5-7,10,12,14-16,18,24H,2,4,8-9,11,13,17H2,1,3H3,(H,32,36)/b12-10-,29-25+. The van der Waals surface area contributed by atoms with Crippen LogP contribution in [-0.2, 0) is 17.8 Å². The zero-order valence-electron chi connectivity index (χ0n) is 20.8. The number of pyridine rings is 1. The van der Waals surface area contributed by atoms with Gasteiger partial charge in [-0.25, -0.2) is 0 Å². The van der Waals surface area contributed by atoms with Crippen LogP contribution in [0.2, 0.25) is 0 Å². The van der Waals surface area contributed by atoms with Crippen molar-refractivity contribution >= 4 is 22.9 Å². The van der Waals surface area contributed by atoms with E-state index in [0.29, 0.717) is 23.9 Å². The number of hydrogen-bond acceptors (Lipinski definition) is 6. The molecular formula is C28H31N7O. The summed E-state index contributed by atoms with van der Waals surface area (Å²) in [6.07, 6.45) is 10.9. The highest BCUT2D eigenvalue weighted by Crippen LogP contribution is 2.37. The SMILES string of the molecule is C=C(/C=C\N=C(/CC)C(=O)Nc1cccc(-c2nncn2C2CC2)c1)c1cnc2c(c1)CN(C)CC2. The van der Waals surface area contributed by atoms with Gasteiger partial charge in [-0.2, -0.15) is 0 Å². The van der Waals surface area contributed by atoms with Gasteiger partial charge in [0.1, 0.15) is 12.0 Å². The normalized spacial score (nSPS) is 16.2. The number of carbonyl (C=O) groups is 1. The minimum atomic E-state index is -0.230. The van der Waals surface area contributed by atoms with Crippen molar-refractivity contribution in [2.75, 3.05) is 18.9 Å². The third kappa shape index (κ3) is 5.33. The Hall–Kier alpha value is -3.91. The van der Waals surface area contributed by atoms with E-state index < -0.39 is 0 Å². The Labute approximate surface area is 211 Å². The number of fused-ring (bicyclic) bond motifs is 1. The second-order valence-electron chi connectivity index (χ2n) is 9.42. The monoisotopic (exact) mass is 481 g/mol. The highest BCUT2D eigenvalue weighted by molar-refractivity contribution is 6.43. The van der Waals surface area contributed by atoms with Crippen LogP contribution in [0.15, 0.2) is 66.7 Å². The van der Waals surface area contributed by atoms with Gasteiger partial charge in [-0.15, -0.1) is 10.2 Å². The van der Waals surface area contributed by atoms with Gasteiger partial charge >= 0.3 is 0 Å². The Balaban J connectivity index is 1.25. The molecule has 1 aromatic carbocycles. The number of rotatable bonds is 8. The summed E-state index contributed by atoms with van der Waals surface area (Å²) in [5, 5.41) is 11.3. The lowest BCUT2D eigenvalue weighted by atomic mass is 10.0. The molecule has 2 aliphatic rings. The first kappa shape index (κ1) is 23.8. The van der Waals surface area contributed by atoms with Gasteiger partial charge in [-0.3, -0.25) is 14.8 Å². The second kappa shape index (κ2) is 10.4. The molecule has 1 N–H and O–H groups in total. The van der Waals surface area contributed by atoms with E-state index in [2.05, 4.69) is 54.7 Å². The maximum Gasteiger partial charge on any atom is 0.270 e. The van der Waals surface area contributed by atoms with E-state index in [9.17, 15) is 4.79 Å². The van der Waals surface area contributed by atoms with Crippen LogP contribution in [0, 0.1) is 0 Å². The van der Waals surface area contributed by atoms with Crippen LogP contribution >= 0.6 is 0 Å². The number of nitrogens with one attached hydrogen (secondary N) is 1. The summed E-state index contributed by atoms with van der Waals surface area (Å²) in [6, 6.07) is 10.3. The molecule has 2 aromatic heterocycles. The van der Waals surface area contributed by atoms with Crippen LogP contribution in [0.3, 0.4) is 0 Å². The van der Waals surface area contributed by atoms with Crippen LogP contribution in [0.1, 0.15) is 49.0 Å². The maximum absolute atomic E-state index is 12.9. The zero-order chi connectivity index (χ0) is 25.1. The average molecular weight is 482 g/mol. The van der Waals surface area contributed by atoms with Gasteiger partial charge < -0.3 is 14.8 Å². The second-order valence-corrected chi connectivity index (χ2v) is 9.42. The topological polar surface area (TPSA) is 88.3 Å². The molecule has 8 nitrogen and oxygen atoms in total. The summed E-state index contributed by atoms with van der Waals surface area (Å²) in [4.78, 5) is 24.3. The first-order valence-electron chi connectivity index (χ1n) is 12.4. The van der Waals surface area contributed by atoms with Crippen molar-refractivity contribution in [3.05, 3.63) is 78.5 Å².